The van der Waals surface area contributed by atoms with Crippen molar-refractivity contribution in [3.63, 3.8) is 0 Å². The Balaban J connectivity index is 2.23. The lowest BCUT2D eigenvalue weighted by Crippen LogP contribution is -2.15. The number of benzene rings is 1. The molecular weight excluding hydrogens is 285 g/mol. The molecule has 3 N–H and O–H groups in total. The minimum atomic E-state index is -0.871. The van der Waals surface area contributed by atoms with E-state index < -0.39 is 17.8 Å². The van der Waals surface area contributed by atoms with E-state index in [1.165, 1.54) is 36.5 Å². The molecule has 0 radical (unpaired) electrons. The Kier molecular flexibility index (Phi) is 3.95. The van der Waals surface area contributed by atoms with Crippen molar-refractivity contribution in [3.05, 3.63) is 58.6 Å². The van der Waals surface area contributed by atoms with Gasteiger partial charge in [0.2, 0.25) is 11.9 Å². The number of anilines is 1. The Hall–Kier alpha value is -2.47. The van der Waals surface area contributed by atoms with Crippen molar-refractivity contribution in [2.75, 3.05) is 5.32 Å². The molecular formula is C13H9ClFN3O2. The summed E-state index contributed by atoms with van der Waals surface area (Å²) in [6, 6.07) is 6.92. The van der Waals surface area contributed by atoms with Crippen molar-refractivity contribution < 1.29 is 14.0 Å². The molecule has 20 heavy (non-hydrogen) atoms. The second-order valence-corrected chi connectivity index (χ2v) is 4.26. The third-order valence-corrected chi connectivity index (χ3v) is 2.81. The normalized spacial score (nSPS) is 10.1. The van der Waals surface area contributed by atoms with Crippen molar-refractivity contribution in [1.29, 1.82) is 0 Å². The summed E-state index contributed by atoms with van der Waals surface area (Å²) in [5, 5.41) is 2.55. The summed E-state index contributed by atoms with van der Waals surface area (Å²) in [5.74, 6) is -2.21. The molecule has 0 atom stereocenters. The fraction of sp³-hybridized carbons (Fsp3) is 0. The van der Waals surface area contributed by atoms with Crippen LogP contribution in [-0.2, 0) is 0 Å². The van der Waals surface area contributed by atoms with E-state index in [1.807, 2.05) is 0 Å². The average molecular weight is 294 g/mol. The van der Waals surface area contributed by atoms with Crippen LogP contribution in [-0.4, -0.2) is 16.8 Å². The van der Waals surface area contributed by atoms with Gasteiger partial charge in [0, 0.05) is 11.9 Å². The number of amides is 2. The second-order valence-electron chi connectivity index (χ2n) is 3.85. The first-order valence-electron chi connectivity index (χ1n) is 5.50. The molecule has 0 aliphatic carbocycles. The van der Waals surface area contributed by atoms with E-state index >= 15 is 0 Å². The molecule has 1 aromatic heterocycles. The van der Waals surface area contributed by atoms with Crippen molar-refractivity contribution in [3.8, 4) is 0 Å². The number of carbonyl (C=O) groups excluding carboxylic acids is 2. The van der Waals surface area contributed by atoms with E-state index in [4.69, 9.17) is 17.3 Å². The molecule has 0 saturated heterocycles. The highest BCUT2D eigenvalue weighted by molar-refractivity contribution is 6.34. The van der Waals surface area contributed by atoms with Gasteiger partial charge in [-0.3, -0.25) is 9.59 Å². The zero-order valence-electron chi connectivity index (χ0n) is 10.1. The lowest BCUT2D eigenvalue weighted by Gasteiger charge is -2.07. The topological polar surface area (TPSA) is 85.1 Å². The Labute approximate surface area is 118 Å². The van der Waals surface area contributed by atoms with Gasteiger partial charge >= 0.3 is 0 Å². The second kappa shape index (κ2) is 5.66. The summed E-state index contributed by atoms with van der Waals surface area (Å²) in [6.07, 6.45) is 1.24. The van der Waals surface area contributed by atoms with Gasteiger partial charge in [-0.2, -0.15) is 4.39 Å². The van der Waals surface area contributed by atoms with Crippen molar-refractivity contribution in [2.45, 2.75) is 0 Å². The third-order valence-electron chi connectivity index (χ3n) is 2.50. The van der Waals surface area contributed by atoms with Gasteiger partial charge in [0.1, 0.15) is 0 Å². The lowest BCUT2D eigenvalue weighted by atomic mass is 10.2. The number of rotatable bonds is 3. The highest BCUT2D eigenvalue weighted by Gasteiger charge is 2.13. The fourth-order valence-electron chi connectivity index (χ4n) is 1.55. The molecule has 0 spiro atoms. The van der Waals surface area contributed by atoms with E-state index in [2.05, 4.69) is 10.3 Å². The fourth-order valence-corrected chi connectivity index (χ4v) is 1.82. The zero-order chi connectivity index (χ0) is 14.7. The first-order valence-corrected chi connectivity index (χ1v) is 5.88. The van der Waals surface area contributed by atoms with Crippen molar-refractivity contribution in [1.82, 2.24) is 4.98 Å². The maximum absolute atomic E-state index is 13.3. The molecule has 7 heteroatoms. The molecule has 0 unspecified atom stereocenters. The standard InChI is InChI=1S/C13H9ClFN3O2/c14-10-6-7(3-4-8(10)12(16)19)18-13(20)9-2-1-5-17-11(9)15/h1-6H,(H2,16,19)(H,18,20). The Morgan fingerprint density at radius 2 is 2.00 bits per heavy atom. The van der Waals surface area contributed by atoms with Crippen LogP contribution in [0.5, 0.6) is 0 Å². The number of nitrogens with zero attached hydrogens (tertiary/aromatic N) is 1. The lowest BCUT2D eigenvalue weighted by molar-refractivity contribution is 0.0997. The van der Waals surface area contributed by atoms with Crippen molar-refractivity contribution in [2.24, 2.45) is 5.73 Å². The molecule has 2 rings (SSSR count). The van der Waals surface area contributed by atoms with Crippen LogP contribution in [0.2, 0.25) is 5.02 Å². The predicted octanol–water partition coefficient (Wildman–Crippen LogP) is 2.23. The van der Waals surface area contributed by atoms with Crippen LogP contribution in [0.1, 0.15) is 20.7 Å². The number of hydrogen-bond donors (Lipinski definition) is 2. The summed E-state index contributed by atoms with van der Waals surface area (Å²) in [7, 11) is 0. The SMILES string of the molecule is NC(=O)c1ccc(NC(=O)c2cccnc2F)cc1Cl. The number of aromatic nitrogens is 1. The average Bonchev–Trinajstić information content (AvgIpc) is 2.38. The molecule has 2 aromatic rings. The molecule has 0 aliphatic heterocycles. The molecule has 0 saturated carbocycles. The Morgan fingerprint density at radius 1 is 1.25 bits per heavy atom. The summed E-state index contributed by atoms with van der Waals surface area (Å²) in [4.78, 5) is 26.2. The number of hydrogen-bond acceptors (Lipinski definition) is 3. The maximum atomic E-state index is 13.3. The molecule has 1 heterocycles. The van der Waals surface area contributed by atoms with Gasteiger partial charge in [-0.15, -0.1) is 0 Å². The molecule has 2 amide bonds. The van der Waals surface area contributed by atoms with Gasteiger partial charge in [-0.1, -0.05) is 11.6 Å². The monoisotopic (exact) mass is 293 g/mol. The van der Waals surface area contributed by atoms with Crippen LogP contribution in [0.3, 0.4) is 0 Å². The number of nitrogens with two attached hydrogens (primary N) is 1. The maximum Gasteiger partial charge on any atom is 0.260 e. The molecule has 102 valence electrons. The van der Waals surface area contributed by atoms with Gasteiger partial charge in [-0.05, 0) is 30.3 Å². The van der Waals surface area contributed by atoms with E-state index in [9.17, 15) is 14.0 Å². The number of pyridine rings is 1. The van der Waals surface area contributed by atoms with Crippen molar-refractivity contribution >= 4 is 29.1 Å². The first kappa shape index (κ1) is 14.0. The quantitative estimate of drug-likeness (QED) is 0.851. The first-order chi connectivity index (χ1) is 9.49. The summed E-state index contributed by atoms with van der Waals surface area (Å²) in [6.45, 7) is 0. The van der Waals surface area contributed by atoms with Crippen LogP contribution < -0.4 is 11.1 Å². The predicted molar refractivity (Wildman–Crippen MR) is 72.1 cm³/mol. The zero-order valence-corrected chi connectivity index (χ0v) is 10.8. The minimum absolute atomic E-state index is 0.0990. The summed E-state index contributed by atoms with van der Waals surface area (Å²) < 4.78 is 13.3. The summed E-state index contributed by atoms with van der Waals surface area (Å²) >= 11 is 5.85. The Morgan fingerprint density at radius 3 is 2.60 bits per heavy atom. The molecule has 0 aliphatic rings. The van der Waals surface area contributed by atoms with Gasteiger partial charge in [0.05, 0.1) is 16.1 Å². The largest absolute Gasteiger partial charge is 0.366 e. The number of primary amides is 1. The highest BCUT2D eigenvalue weighted by Crippen LogP contribution is 2.21. The van der Waals surface area contributed by atoms with Crippen LogP contribution >= 0.6 is 11.6 Å². The van der Waals surface area contributed by atoms with Gasteiger partial charge in [0.25, 0.3) is 5.91 Å². The van der Waals surface area contributed by atoms with E-state index in [0.717, 1.165) is 0 Å². The van der Waals surface area contributed by atoms with Crippen LogP contribution in [0.15, 0.2) is 36.5 Å². The Bertz CT molecular complexity index is 691. The van der Waals surface area contributed by atoms with E-state index in [0.29, 0.717) is 5.69 Å². The number of halogens is 2. The molecule has 0 fully saturated rings. The highest BCUT2D eigenvalue weighted by atomic mass is 35.5. The van der Waals surface area contributed by atoms with E-state index in [-0.39, 0.29) is 16.1 Å². The van der Waals surface area contributed by atoms with Crippen LogP contribution in [0.25, 0.3) is 0 Å². The van der Waals surface area contributed by atoms with Gasteiger partial charge in [0.15, 0.2) is 0 Å². The molecule has 5 nitrogen and oxygen atoms in total. The van der Waals surface area contributed by atoms with Gasteiger partial charge < -0.3 is 11.1 Å². The van der Waals surface area contributed by atoms with Gasteiger partial charge in [-0.25, -0.2) is 4.98 Å². The smallest absolute Gasteiger partial charge is 0.260 e. The molecule has 0 bridgehead atoms. The summed E-state index contributed by atoms with van der Waals surface area (Å²) in [5.41, 5.74) is 5.37. The van der Waals surface area contributed by atoms with Crippen LogP contribution in [0, 0.1) is 5.95 Å². The minimum Gasteiger partial charge on any atom is -0.366 e. The van der Waals surface area contributed by atoms with Crippen LogP contribution in [0.4, 0.5) is 10.1 Å². The number of nitrogens with one attached hydrogen (secondary N) is 1. The number of carbonyl (C=O) groups is 2. The molecule has 1 aromatic carbocycles. The van der Waals surface area contributed by atoms with E-state index in [1.54, 1.807) is 0 Å². The third kappa shape index (κ3) is 2.92.